The summed E-state index contributed by atoms with van der Waals surface area (Å²) >= 11 is 17.6. The molecule has 2 aromatic rings. The fourth-order valence-corrected chi connectivity index (χ4v) is 2.11. The highest BCUT2D eigenvalue weighted by Crippen LogP contribution is 2.30. The number of benzene rings is 1. The Morgan fingerprint density at radius 3 is 2.12 bits per heavy atom. The molecule has 0 aliphatic carbocycles. The number of halogens is 4. The molecule has 0 aliphatic rings. The lowest BCUT2D eigenvalue weighted by atomic mass is 10.1. The molecule has 2 rings (SSSR count). The Morgan fingerprint density at radius 1 is 0.938 bits per heavy atom. The van der Waals surface area contributed by atoms with Gasteiger partial charge in [0.05, 0.1) is 16.9 Å². The van der Waals surface area contributed by atoms with Gasteiger partial charge in [-0.05, 0) is 24.3 Å². The van der Waals surface area contributed by atoms with Crippen molar-refractivity contribution in [1.82, 2.24) is 4.98 Å². The number of aromatic nitrogens is 1. The zero-order chi connectivity index (χ0) is 11.7. The molecular weight excluding hydrogens is 271 g/mol. The molecule has 0 atom stereocenters. The van der Waals surface area contributed by atoms with Gasteiger partial charge in [0.1, 0.15) is 5.82 Å². The standard InChI is InChI=1S/C11H5Cl3FN/c12-7-1-6(2-8(13)3-7)11-10(14)4-9(15)5-16-11/h1-5H. The maximum Gasteiger partial charge on any atom is 0.143 e. The van der Waals surface area contributed by atoms with Crippen LogP contribution in [0.5, 0.6) is 0 Å². The highest BCUT2D eigenvalue weighted by molar-refractivity contribution is 6.36. The lowest BCUT2D eigenvalue weighted by molar-refractivity contribution is 0.622. The second-order valence-electron chi connectivity index (χ2n) is 3.14. The third-order valence-electron chi connectivity index (χ3n) is 1.94. The SMILES string of the molecule is Fc1cnc(-c2cc(Cl)cc(Cl)c2)c(Cl)c1. The molecule has 1 heterocycles. The summed E-state index contributed by atoms with van der Waals surface area (Å²) in [5.41, 5.74) is 1.11. The van der Waals surface area contributed by atoms with Gasteiger partial charge in [-0.3, -0.25) is 4.98 Å². The minimum absolute atomic E-state index is 0.221. The summed E-state index contributed by atoms with van der Waals surface area (Å²) < 4.78 is 12.8. The van der Waals surface area contributed by atoms with Crippen LogP contribution in [0.25, 0.3) is 11.3 Å². The van der Waals surface area contributed by atoms with E-state index < -0.39 is 5.82 Å². The lowest BCUT2D eigenvalue weighted by Gasteiger charge is -2.04. The topological polar surface area (TPSA) is 12.9 Å². The van der Waals surface area contributed by atoms with Gasteiger partial charge >= 0.3 is 0 Å². The fraction of sp³-hybridized carbons (Fsp3) is 0. The second kappa shape index (κ2) is 4.58. The van der Waals surface area contributed by atoms with E-state index in [1.165, 1.54) is 6.07 Å². The Labute approximate surface area is 107 Å². The van der Waals surface area contributed by atoms with Crippen molar-refractivity contribution in [2.24, 2.45) is 0 Å². The van der Waals surface area contributed by atoms with E-state index in [4.69, 9.17) is 34.8 Å². The Kier molecular flexibility index (Phi) is 3.33. The van der Waals surface area contributed by atoms with Crippen LogP contribution in [-0.2, 0) is 0 Å². The minimum atomic E-state index is -0.484. The molecule has 5 heteroatoms. The number of hydrogen-bond acceptors (Lipinski definition) is 1. The van der Waals surface area contributed by atoms with E-state index in [1.54, 1.807) is 18.2 Å². The van der Waals surface area contributed by atoms with Gasteiger partial charge < -0.3 is 0 Å². The van der Waals surface area contributed by atoms with Crippen molar-refractivity contribution in [3.63, 3.8) is 0 Å². The van der Waals surface area contributed by atoms with Crippen LogP contribution in [-0.4, -0.2) is 4.98 Å². The Hall–Kier alpha value is -0.830. The van der Waals surface area contributed by atoms with E-state index in [9.17, 15) is 4.39 Å². The lowest BCUT2D eigenvalue weighted by Crippen LogP contribution is -1.87. The molecule has 1 aromatic heterocycles. The molecule has 16 heavy (non-hydrogen) atoms. The maximum atomic E-state index is 12.8. The van der Waals surface area contributed by atoms with Gasteiger partial charge in [-0.15, -0.1) is 0 Å². The van der Waals surface area contributed by atoms with Gasteiger partial charge in [0.15, 0.2) is 0 Å². The quantitative estimate of drug-likeness (QED) is 0.725. The summed E-state index contributed by atoms with van der Waals surface area (Å²) in [6.07, 6.45) is 1.09. The van der Waals surface area contributed by atoms with Crippen LogP contribution < -0.4 is 0 Å². The van der Waals surface area contributed by atoms with E-state index >= 15 is 0 Å². The third-order valence-corrected chi connectivity index (χ3v) is 2.67. The van der Waals surface area contributed by atoms with Crippen LogP contribution in [0.4, 0.5) is 4.39 Å². The molecule has 1 nitrogen and oxygen atoms in total. The number of hydrogen-bond donors (Lipinski definition) is 0. The van der Waals surface area contributed by atoms with E-state index in [0.717, 1.165) is 6.20 Å². The number of pyridine rings is 1. The van der Waals surface area contributed by atoms with Crippen molar-refractivity contribution in [1.29, 1.82) is 0 Å². The molecule has 0 amide bonds. The van der Waals surface area contributed by atoms with Crippen molar-refractivity contribution >= 4 is 34.8 Å². The molecule has 0 radical (unpaired) electrons. The Bertz CT molecular complexity index is 522. The van der Waals surface area contributed by atoms with Crippen LogP contribution >= 0.6 is 34.8 Å². The smallest absolute Gasteiger partial charge is 0.143 e. The summed E-state index contributed by atoms with van der Waals surface area (Å²) in [5, 5.41) is 1.17. The number of rotatable bonds is 1. The number of nitrogens with zero attached hydrogens (tertiary/aromatic N) is 1. The molecular formula is C11H5Cl3FN. The third kappa shape index (κ3) is 2.46. The van der Waals surface area contributed by atoms with Crippen LogP contribution in [0.1, 0.15) is 0 Å². The Balaban J connectivity index is 2.58. The molecule has 0 unspecified atom stereocenters. The van der Waals surface area contributed by atoms with E-state index in [-0.39, 0.29) is 5.02 Å². The van der Waals surface area contributed by atoms with Gasteiger partial charge in [0.2, 0.25) is 0 Å². The van der Waals surface area contributed by atoms with Gasteiger partial charge in [0.25, 0.3) is 0 Å². The van der Waals surface area contributed by atoms with Crippen LogP contribution in [0.2, 0.25) is 15.1 Å². The first-order valence-corrected chi connectivity index (χ1v) is 5.47. The molecule has 0 fully saturated rings. The highest BCUT2D eigenvalue weighted by atomic mass is 35.5. The molecule has 82 valence electrons. The van der Waals surface area contributed by atoms with Crippen molar-refractivity contribution in [3.8, 4) is 11.3 Å². The van der Waals surface area contributed by atoms with Gasteiger partial charge in [0, 0.05) is 15.6 Å². The summed E-state index contributed by atoms with van der Waals surface area (Å²) in [5.74, 6) is -0.484. The molecule has 0 saturated heterocycles. The highest BCUT2D eigenvalue weighted by Gasteiger charge is 2.08. The first kappa shape index (κ1) is 11.6. The van der Waals surface area contributed by atoms with Crippen molar-refractivity contribution < 1.29 is 4.39 Å². The summed E-state index contributed by atoms with van der Waals surface area (Å²) in [4.78, 5) is 3.91. The average molecular weight is 277 g/mol. The molecule has 0 aliphatic heterocycles. The van der Waals surface area contributed by atoms with Crippen LogP contribution in [0, 0.1) is 5.82 Å². The monoisotopic (exact) mass is 275 g/mol. The first-order valence-electron chi connectivity index (χ1n) is 4.34. The predicted octanol–water partition coefficient (Wildman–Crippen LogP) is 4.85. The van der Waals surface area contributed by atoms with Crippen molar-refractivity contribution in [2.75, 3.05) is 0 Å². The molecule has 0 spiro atoms. The van der Waals surface area contributed by atoms with Crippen molar-refractivity contribution in [3.05, 3.63) is 51.3 Å². The van der Waals surface area contributed by atoms with E-state index in [2.05, 4.69) is 4.98 Å². The zero-order valence-electron chi connectivity index (χ0n) is 7.85. The molecule has 0 bridgehead atoms. The van der Waals surface area contributed by atoms with E-state index in [0.29, 0.717) is 21.3 Å². The second-order valence-corrected chi connectivity index (χ2v) is 4.42. The first-order chi connectivity index (χ1) is 7.56. The fourth-order valence-electron chi connectivity index (χ4n) is 1.32. The van der Waals surface area contributed by atoms with Gasteiger partial charge in [-0.2, -0.15) is 0 Å². The van der Waals surface area contributed by atoms with Gasteiger partial charge in [-0.1, -0.05) is 34.8 Å². The summed E-state index contributed by atoms with van der Waals surface area (Å²) in [7, 11) is 0. The van der Waals surface area contributed by atoms with Crippen LogP contribution in [0.15, 0.2) is 30.5 Å². The molecule has 1 aromatic carbocycles. The largest absolute Gasteiger partial charge is 0.252 e. The maximum absolute atomic E-state index is 12.8. The van der Waals surface area contributed by atoms with Crippen molar-refractivity contribution in [2.45, 2.75) is 0 Å². The average Bonchev–Trinajstić information content (AvgIpc) is 2.15. The normalized spacial score (nSPS) is 10.5. The Morgan fingerprint density at radius 2 is 1.56 bits per heavy atom. The predicted molar refractivity (Wildman–Crippen MR) is 64.7 cm³/mol. The minimum Gasteiger partial charge on any atom is -0.252 e. The molecule has 0 N–H and O–H groups in total. The molecule has 0 saturated carbocycles. The zero-order valence-corrected chi connectivity index (χ0v) is 10.1. The van der Waals surface area contributed by atoms with E-state index in [1.807, 2.05) is 0 Å². The summed E-state index contributed by atoms with van der Waals surface area (Å²) in [6.45, 7) is 0. The van der Waals surface area contributed by atoms with Crippen LogP contribution in [0.3, 0.4) is 0 Å². The van der Waals surface area contributed by atoms with Gasteiger partial charge in [-0.25, -0.2) is 4.39 Å². The summed E-state index contributed by atoms with van der Waals surface area (Å²) in [6, 6.07) is 6.13.